The SMILES string of the molecule is [2H]c1c([2H])c([2H])c2c(-c3c4ccccc4c(-c4ccc(-c5cc6ccccc6c6ccccc56)c5ccccc45)c4ccccc34)c([2H])c([2H])c([2H])c2c1[2H]. The lowest BCUT2D eigenvalue weighted by molar-refractivity contribution is 1.67. The Labute approximate surface area is 289 Å². The van der Waals surface area contributed by atoms with Crippen LogP contribution in [0.15, 0.2) is 182 Å². The van der Waals surface area contributed by atoms with E-state index in [9.17, 15) is 1.37 Å². The number of fused-ring (bicyclic) bond motifs is 7. The van der Waals surface area contributed by atoms with Gasteiger partial charge in [-0.15, -0.1) is 0 Å². The summed E-state index contributed by atoms with van der Waals surface area (Å²) in [6, 6.07) is 45.6. The Hall–Kier alpha value is -6.24. The fourth-order valence-electron chi connectivity index (χ4n) is 7.72. The molecule has 0 saturated carbocycles. The summed E-state index contributed by atoms with van der Waals surface area (Å²) >= 11 is 0. The third kappa shape index (κ3) is 3.96. The predicted molar refractivity (Wildman–Crippen MR) is 208 cm³/mol. The van der Waals surface area contributed by atoms with Crippen molar-refractivity contribution in [3.8, 4) is 33.4 Å². The van der Waals surface area contributed by atoms with Gasteiger partial charge >= 0.3 is 0 Å². The van der Waals surface area contributed by atoms with Gasteiger partial charge in [-0.25, -0.2) is 0 Å². The molecule has 0 aliphatic carbocycles. The van der Waals surface area contributed by atoms with Crippen LogP contribution in [-0.4, -0.2) is 0 Å². The summed E-state index contributed by atoms with van der Waals surface area (Å²) in [5, 5.41) is 10.4. The van der Waals surface area contributed by atoms with Crippen molar-refractivity contribution in [3.05, 3.63) is 182 Å². The molecule has 0 heterocycles. The van der Waals surface area contributed by atoms with Crippen molar-refractivity contribution in [2.45, 2.75) is 0 Å². The lowest BCUT2D eigenvalue weighted by Crippen LogP contribution is -1.93. The monoisotopic (exact) mass is 613 g/mol. The molecule has 0 bridgehead atoms. The fourth-order valence-corrected chi connectivity index (χ4v) is 7.72. The molecule has 0 aliphatic rings. The van der Waals surface area contributed by atoms with Crippen molar-refractivity contribution in [1.82, 2.24) is 0 Å². The standard InChI is InChI=1S/C48H30/c1-3-17-33-31(14-1)16-13-27-40(33)47-41-23-9-11-25-43(41)48(44-26-12-10-24-42(44)47)45-29-28-39(36-20-6-7-21-37(36)45)46-30-32-15-2-4-18-34(32)35-19-5-8-22-38(35)46/h1-30H/i1D,3D,13D,14D,16D,17D,27D. The summed E-state index contributed by atoms with van der Waals surface area (Å²) in [7, 11) is 0. The fraction of sp³-hybridized carbons (Fsp3) is 0. The van der Waals surface area contributed by atoms with E-state index >= 15 is 0 Å². The first-order valence-corrected chi connectivity index (χ1v) is 16.1. The molecule has 0 fully saturated rings. The number of rotatable bonds is 3. The average Bonchev–Trinajstić information content (AvgIpc) is 3.23. The maximum absolute atomic E-state index is 9.28. The molecule has 222 valence electrons. The summed E-state index contributed by atoms with van der Waals surface area (Å²) in [4.78, 5) is 0. The zero-order valence-electron chi connectivity index (χ0n) is 32.8. The Morgan fingerprint density at radius 1 is 0.271 bits per heavy atom. The van der Waals surface area contributed by atoms with Gasteiger partial charge in [-0.3, -0.25) is 0 Å². The molecule has 0 nitrogen and oxygen atoms in total. The van der Waals surface area contributed by atoms with E-state index in [1.807, 2.05) is 36.4 Å². The van der Waals surface area contributed by atoms with Gasteiger partial charge in [0, 0.05) is 0 Å². The van der Waals surface area contributed by atoms with Crippen molar-refractivity contribution in [3.63, 3.8) is 0 Å². The van der Waals surface area contributed by atoms with Gasteiger partial charge in [0.2, 0.25) is 0 Å². The van der Waals surface area contributed by atoms with Crippen molar-refractivity contribution in [1.29, 1.82) is 0 Å². The van der Waals surface area contributed by atoms with E-state index in [1.165, 1.54) is 21.5 Å². The van der Waals surface area contributed by atoms with Gasteiger partial charge in [0.1, 0.15) is 0 Å². The molecular weight excluding hydrogens is 577 g/mol. The molecule has 0 aliphatic heterocycles. The summed E-state index contributed by atoms with van der Waals surface area (Å²) in [5.41, 5.74) is 5.15. The molecule has 0 heteroatoms. The Kier molecular flexibility index (Phi) is 4.62. The van der Waals surface area contributed by atoms with Crippen molar-refractivity contribution >= 4 is 64.6 Å². The maximum Gasteiger partial charge on any atom is 0.0629 e. The van der Waals surface area contributed by atoms with Gasteiger partial charge in [0.25, 0.3) is 0 Å². The van der Waals surface area contributed by atoms with Gasteiger partial charge in [-0.05, 0) is 104 Å². The van der Waals surface area contributed by atoms with Crippen LogP contribution in [0.2, 0.25) is 0 Å². The van der Waals surface area contributed by atoms with E-state index in [1.54, 1.807) is 0 Å². The highest BCUT2D eigenvalue weighted by Gasteiger charge is 2.20. The normalized spacial score (nSPS) is 13.8. The zero-order valence-corrected chi connectivity index (χ0v) is 25.8. The molecular formula is C48H30. The topological polar surface area (TPSA) is 0 Å². The third-order valence-corrected chi connectivity index (χ3v) is 9.75. The minimum absolute atomic E-state index is 0.0537. The van der Waals surface area contributed by atoms with Gasteiger partial charge in [0.15, 0.2) is 0 Å². The molecule has 0 spiro atoms. The summed E-state index contributed by atoms with van der Waals surface area (Å²) in [6.07, 6.45) is 0. The van der Waals surface area contributed by atoms with E-state index in [0.29, 0.717) is 5.56 Å². The third-order valence-electron chi connectivity index (χ3n) is 9.75. The Balaban J connectivity index is 1.33. The van der Waals surface area contributed by atoms with Gasteiger partial charge in [0.05, 0.1) is 9.60 Å². The molecule has 0 radical (unpaired) electrons. The Morgan fingerprint density at radius 3 is 1.40 bits per heavy atom. The maximum atomic E-state index is 9.28. The minimum atomic E-state index is -0.467. The van der Waals surface area contributed by atoms with Crippen LogP contribution in [0.3, 0.4) is 0 Å². The molecule has 0 aromatic heterocycles. The average molecular weight is 614 g/mol. The van der Waals surface area contributed by atoms with Crippen molar-refractivity contribution in [2.75, 3.05) is 0 Å². The van der Waals surface area contributed by atoms with Crippen LogP contribution < -0.4 is 0 Å². The summed E-state index contributed by atoms with van der Waals surface area (Å²) < 4.78 is 61.6. The molecule has 48 heavy (non-hydrogen) atoms. The zero-order chi connectivity index (χ0) is 37.7. The van der Waals surface area contributed by atoms with Crippen LogP contribution in [0, 0.1) is 0 Å². The summed E-state index contributed by atoms with van der Waals surface area (Å²) in [6.45, 7) is 0. The quantitative estimate of drug-likeness (QED) is 0.137. The highest BCUT2D eigenvalue weighted by Crippen LogP contribution is 2.48. The van der Waals surface area contributed by atoms with Crippen LogP contribution >= 0.6 is 0 Å². The second-order valence-corrected chi connectivity index (χ2v) is 12.2. The van der Waals surface area contributed by atoms with E-state index in [4.69, 9.17) is 8.22 Å². The first kappa shape index (κ1) is 20.8. The lowest BCUT2D eigenvalue weighted by Gasteiger charge is -2.20. The molecule has 10 rings (SSSR count). The highest BCUT2D eigenvalue weighted by atomic mass is 14.2. The molecule has 0 atom stereocenters. The molecule has 0 unspecified atom stereocenters. The first-order chi connectivity index (χ1) is 26.8. The molecule has 0 amide bonds. The van der Waals surface area contributed by atoms with Crippen LogP contribution in [-0.2, 0) is 0 Å². The number of hydrogen-bond acceptors (Lipinski definition) is 0. The molecule has 10 aromatic carbocycles. The first-order valence-electron chi connectivity index (χ1n) is 19.6. The van der Waals surface area contributed by atoms with Crippen LogP contribution in [0.4, 0.5) is 0 Å². The molecule has 10 aromatic rings. The Morgan fingerprint density at radius 2 is 0.729 bits per heavy atom. The Bertz CT molecular complexity index is 3230. The van der Waals surface area contributed by atoms with Gasteiger partial charge < -0.3 is 0 Å². The minimum Gasteiger partial charge on any atom is -0.0616 e. The van der Waals surface area contributed by atoms with Crippen LogP contribution in [0.1, 0.15) is 9.60 Å². The van der Waals surface area contributed by atoms with E-state index < -0.39 is 12.1 Å². The molecule has 0 N–H and O–H groups in total. The van der Waals surface area contributed by atoms with Gasteiger partial charge in [-0.1, -0.05) is 176 Å². The smallest absolute Gasteiger partial charge is 0.0616 e. The second kappa shape index (κ2) is 10.7. The number of benzene rings is 10. The number of hydrogen-bond donors (Lipinski definition) is 0. The summed E-state index contributed by atoms with van der Waals surface area (Å²) in [5.74, 6) is 0. The van der Waals surface area contributed by atoms with Gasteiger partial charge in [-0.2, -0.15) is 0 Å². The largest absolute Gasteiger partial charge is 0.0629 e. The molecule has 0 saturated heterocycles. The van der Waals surface area contributed by atoms with Crippen molar-refractivity contribution < 1.29 is 9.60 Å². The van der Waals surface area contributed by atoms with E-state index in [2.05, 4.69) is 103 Å². The predicted octanol–water partition coefficient (Wildman–Crippen LogP) is 13.6. The van der Waals surface area contributed by atoms with E-state index in [0.717, 1.165) is 54.6 Å². The van der Waals surface area contributed by atoms with E-state index in [-0.39, 0.29) is 46.5 Å². The van der Waals surface area contributed by atoms with Crippen LogP contribution in [0.5, 0.6) is 0 Å². The van der Waals surface area contributed by atoms with Crippen molar-refractivity contribution in [2.24, 2.45) is 0 Å². The lowest BCUT2D eigenvalue weighted by atomic mass is 9.82. The second-order valence-electron chi connectivity index (χ2n) is 12.2. The highest BCUT2D eigenvalue weighted by molar-refractivity contribution is 6.26. The van der Waals surface area contributed by atoms with Crippen LogP contribution in [0.25, 0.3) is 98.0 Å².